The second kappa shape index (κ2) is 4.74. The van der Waals surface area contributed by atoms with Gasteiger partial charge in [-0.3, -0.25) is 15.1 Å². The molecule has 0 saturated heterocycles. The van der Waals surface area contributed by atoms with E-state index in [0.29, 0.717) is 0 Å². The SMILES string of the molecule is CCCCN1C(=O)C2NN=C(C3(C4CC4)CC3)N2C(C)=C1C. The highest BCUT2D eigenvalue weighted by Crippen LogP contribution is 2.63. The Kier molecular flexibility index (Phi) is 3.03. The van der Waals surface area contributed by atoms with Gasteiger partial charge in [0.1, 0.15) is 5.84 Å². The molecule has 0 aromatic rings. The van der Waals surface area contributed by atoms with Crippen LogP contribution in [0.3, 0.4) is 0 Å². The van der Waals surface area contributed by atoms with Gasteiger partial charge in [0.15, 0.2) is 0 Å². The van der Waals surface area contributed by atoms with Crippen LogP contribution in [0.1, 0.15) is 59.3 Å². The number of carbonyl (C=O) groups excluding carboxylic acids is 1. The third-order valence-corrected chi connectivity index (χ3v) is 5.90. The summed E-state index contributed by atoms with van der Waals surface area (Å²) in [5.74, 6) is 2.09. The maximum absolute atomic E-state index is 12.9. The smallest absolute Gasteiger partial charge is 0.272 e. The van der Waals surface area contributed by atoms with E-state index in [0.717, 1.165) is 36.8 Å². The molecule has 4 rings (SSSR count). The molecule has 1 unspecified atom stereocenters. The summed E-state index contributed by atoms with van der Waals surface area (Å²) in [5.41, 5.74) is 5.69. The van der Waals surface area contributed by atoms with Gasteiger partial charge in [-0.15, -0.1) is 0 Å². The Morgan fingerprint density at radius 2 is 2.00 bits per heavy atom. The van der Waals surface area contributed by atoms with Crippen molar-refractivity contribution in [2.75, 3.05) is 6.54 Å². The lowest BCUT2D eigenvalue weighted by molar-refractivity contribution is -0.135. The summed E-state index contributed by atoms with van der Waals surface area (Å²) in [5, 5.41) is 4.64. The Morgan fingerprint density at radius 1 is 1.27 bits per heavy atom. The topological polar surface area (TPSA) is 47.9 Å². The second-order valence-electron chi connectivity index (χ2n) is 7.28. The predicted octanol–water partition coefficient (Wildman–Crippen LogP) is 2.62. The lowest BCUT2D eigenvalue weighted by Crippen LogP contribution is -2.56. The van der Waals surface area contributed by atoms with Gasteiger partial charge in [0.05, 0.1) is 0 Å². The molecule has 5 nitrogen and oxygen atoms in total. The van der Waals surface area contributed by atoms with Crippen LogP contribution in [0.2, 0.25) is 0 Å². The molecule has 120 valence electrons. The molecular weight excluding hydrogens is 276 g/mol. The van der Waals surface area contributed by atoms with Crippen LogP contribution in [0.5, 0.6) is 0 Å². The van der Waals surface area contributed by atoms with Gasteiger partial charge >= 0.3 is 0 Å². The maximum Gasteiger partial charge on any atom is 0.272 e. The van der Waals surface area contributed by atoms with E-state index >= 15 is 0 Å². The third-order valence-electron chi connectivity index (χ3n) is 5.90. The van der Waals surface area contributed by atoms with E-state index in [1.165, 1.54) is 31.4 Å². The second-order valence-corrected chi connectivity index (χ2v) is 7.28. The first-order valence-electron chi connectivity index (χ1n) is 8.72. The number of fused-ring (bicyclic) bond motifs is 1. The third kappa shape index (κ3) is 1.83. The minimum absolute atomic E-state index is 0.155. The Hall–Kier alpha value is -1.52. The molecule has 0 radical (unpaired) electrons. The van der Waals surface area contributed by atoms with Crippen LogP contribution in [-0.4, -0.2) is 34.3 Å². The summed E-state index contributed by atoms with van der Waals surface area (Å²) in [6, 6.07) is 0. The fraction of sp³-hybridized carbons (Fsp3) is 0.765. The number of nitrogens with zero attached hydrogens (tertiary/aromatic N) is 3. The van der Waals surface area contributed by atoms with Crippen molar-refractivity contribution < 1.29 is 4.79 Å². The summed E-state index contributed by atoms with van der Waals surface area (Å²) in [6.07, 6.45) is 6.97. The highest BCUT2D eigenvalue weighted by Gasteiger charge is 2.62. The number of hydrogen-bond donors (Lipinski definition) is 1. The van der Waals surface area contributed by atoms with Crippen LogP contribution in [0.4, 0.5) is 0 Å². The van der Waals surface area contributed by atoms with Gasteiger partial charge in [-0.05, 0) is 51.9 Å². The molecule has 0 aromatic heterocycles. The van der Waals surface area contributed by atoms with Gasteiger partial charge in [-0.2, -0.15) is 5.10 Å². The first-order valence-corrected chi connectivity index (χ1v) is 8.72. The van der Waals surface area contributed by atoms with Crippen LogP contribution in [0.25, 0.3) is 0 Å². The average molecular weight is 302 g/mol. The number of carbonyl (C=O) groups is 1. The van der Waals surface area contributed by atoms with Gasteiger partial charge in [-0.25, -0.2) is 0 Å². The molecule has 2 aliphatic carbocycles. The largest absolute Gasteiger partial charge is 0.311 e. The monoisotopic (exact) mass is 302 g/mol. The molecule has 0 bridgehead atoms. The van der Waals surface area contributed by atoms with Crippen LogP contribution in [-0.2, 0) is 4.79 Å². The molecule has 0 aromatic carbocycles. The zero-order chi connectivity index (χ0) is 15.5. The summed E-state index contributed by atoms with van der Waals surface area (Å²) in [4.78, 5) is 17.0. The average Bonchev–Trinajstić information content (AvgIpc) is 3.41. The van der Waals surface area contributed by atoms with Crippen LogP contribution in [0, 0.1) is 11.3 Å². The number of rotatable bonds is 5. The molecule has 0 spiro atoms. The zero-order valence-corrected chi connectivity index (χ0v) is 13.9. The summed E-state index contributed by atoms with van der Waals surface area (Å²) in [7, 11) is 0. The van der Waals surface area contributed by atoms with Crippen LogP contribution in [0.15, 0.2) is 16.5 Å². The van der Waals surface area contributed by atoms with E-state index in [1.54, 1.807) is 0 Å². The molecule has 2 fully saturated rings. The fourth-order valence-electron chi connectivity index (χ4n) is 4.09. The van der Waals surface area contributed by atoms with E-state index in [1.807, 2.05) is 4.90 Å². The molecule has 2 saturated carbocycles. The van der Waals surface area contributed by atoms with Gasteiger partial charge in [-0.1, -0.05) is 13.3 Å². The summed E-state index contributed by atoms with van der Waals surface area (Å²) >= 11 is 0. The number of nitrogens with one attached hydrogen (secondary N) is 1. The Bertz CT molecular complexity index is 571. The standard InChI is InChI=1S/C17H26N4O/c1-4-5-10-20-11(2)12(3)21-14(15(20)22)18-19-16(21)17(8-9-17)13-6-7-13/h13-14,18H,4-10H2,1-3H3. The normalized spacial score (nSPS) is 29.5. The molecule has 4 aliphatic rings. The van der Waals surface area contributed by atoms with Gasteiger partial charge in [0.2, 0.25) is 6.17 Å². The predicted molar refractivity (Wildman–Crippen MR) is 85.6 cm³/mol. The lowest BCUT2D eigenvalue weighted by Gasteiger charge is -2.40. The number of unbranched alkanes of at least 4 members (excludes halogenated alkanes) is 1. The molecule has 2 aliphatic heterocycles. The Balaban J connectivity index is 1.65. The van der Waals surface area contributed by atoms with E-state index in [2.05, 4.69) is 36.2 Å². The van der Waals surface area contributed by atoms with Gasteiger partial charge < -0.3 is 4.90 Å². The van der Waals surface area contributed by atoms with Crippen LogP contribution >= 0.6 is 0 Å². The number of allylic oxidation sites excluding steroid dienone is 2. The van der Waals surface area contributed by atoms with Gasteiger partial charge in [0.25, 0.3) is 5.91 Å². The molecule has 1 amide bonds. The summed E-state index contributed by atoms with van der Waals surface area (Å²) in [6.45, 7) is 7.19. The van der Waals surface area contributed by atoms with Crippen molar-refractivity contribution in [3.63, 3.8) is 0 Å². The van der Waals surface area contributed by atoms with E-state index in [-0.39, 0.29) is 17.5 Å². The molecular formula is C17H26N4O. The van der Waals surface area contributed by atoms with Crippen molar-refractivity contribution >= 4 is 11.7 Å². The highest BCUT2D eigenvalue weighted by atomic mass is 16.2. The number of hydrogen-bond acceptors (Lipinski definition) is 4. The van der Waals surface area contributed by atoms with Gasteiger partial charge in [0, 0.05) is 23.4 Å². The first kappa shape index (κ1) is 14.1. The molecule has 22 heavy (non-hydrogen) atoms. The van der Waals surface area contributed by atoms with Crippen molar-refractivity contribution in [3.8, 4) is 0 Å². The number of hydrazone groups is 1. The zero-order valence-electron chi connectivity index (χ0n) is 13.9. The minimum atomic E-state index is -0.313. The van der Waals surface area contributed by atoms with E-state index in [9.17, 15) is 4.79 Å². The van der Waals surface area contributed by atoms with Crippen molar-refractivity contribution in [2.24, 2.45) is 16.4 Å². The Morgan fingerprint density at radius 3 is 2.59 bits per heavy atom. The molecule has 1 atom stereocenters. The summed E-state index contributed by atoms with van der Waals surface area (Å²) < 4.78 is 0. The van der Waals surface area contributed by atoms with Crippen molar-refractivity contribution in [2.45, 2.75) is 65.5 Å². The number of amides is 1. The minimum Gasteiger partial charge on any atom is -0.311 e. The van der Waals surface area contributed by atoms with Crippen molar-refractivity contribution in [1.82, 2.24) is 15.2 Å². The molecule has 1 N–H and O–H groups in total. The molecule has 2 heterocycles. The number of amidine groups is 1. The highest BCUT2D eigenvalue weighted by molar-refractivity contribution is 5.99. The van der Waals surface area contributed by atoms with E-state index < -0.39 is 0 Å². The van der Waals surface area contributed by atoms with E-state index in [4.69, 9.17) is 0 Å². The fourth-order valence-corrected chi connectivity index (χ4v) is 4.09. The van der Waals surface area contributed by atoms with Crippen molar-refractivity contribution in [3.05, 3.63) is 11.4 Å². The molecule has 5 heteroatoms. The lowest BCUT2D eigenvalue weighted by atomic mass is 9.96. The first-order chi connectivity index (χ1) is 10.6. The maximum atomic E-state index is 12.9. The van der Waals surface area contributed by atoms with Crippen LogP contribution < -0.4 is 5.43 Å². The Labute approximate surface area is 132 Å². The van der Waals surface area contributed by atoms with Crippen molar-refractivity contribution in [1.29, 1.82) is 0 Å². The quantitative estimate of drug-likeness (QED) is 0.849.